The van der Waals surface area contributed by atoms with Crippen molar-refractivity contribution < 1.29 is 5.11 Å². The van der Waals surface area contributed by atoms with Gasteiger partial charge in [0.2, 0.25) is 0 Å². The summed E-state index contributed by atoms with van der Waals surface area (Å²) in [7, 11) is 0. The summed E-state index contributed by atoms with van der Waals surface area (Å²) in [4.78, 5) is 0. The lowest BCUT2D eigenvalue weighted by Crippen LogP contribution is -2.32. The van der Waals surface area contributed by atoms with Crippen LogP contribution in [-0.2, 0) is 6.54 Å². The number of hydrogen-bond donors (Lipinski definition) is 2. The van der Waals surface area contributed by atoms with Crippen molar-refractivity contribution in [1.82, 2.24) is 5.32 Å². The largest absolute Gasteiger partial charge is 0.396 e. The molecule has 106 valence electrons. The highest BCUT2D eigenvalue weighted by Crippen LogP contribution is 2.29. The SMILES string of the molecule is Cc1cc(C)cc(CNCC2CCCCC2CO)c1. The zero-order valence-corrected chi connectivity index (χ0v) is 12.3. The van der Waals surface area contributed by atoms with Gasteiger partial charge in [-0.05, 0) is 50.6 Å². The van der Waals surface area contributed by atoms with Crippen molar-refractivity contribution >= 4 is 0 Å². The summed E-state index contributed by atoms with van der Waals surface area (Å²) in [5, 5.41) is 13.0. The molecule has 1 aliphatic rings. The molecular formula is C17H27NO. The summed E-state index contributed by atoms with van der Waals surface area (Å²) in [5.74, 6) is 1.17. The lowest BCUT2D eigenvalue weighted by molar-refractivity contribution is 0.133. The van der Waals surface area contributed by atoms with E-state index in [1.54, 1.807) is 0 Å². The molecule has 0 aliphatic heterocycles. The summed E-state index contributed by atoms with van der Waals surface area (Å²) in [6.45, 7) is 6.64. The number of hydrogen-bond acceptors (Lipinski definition) is 2. The number of aliphatic hydroxyl groups is 1. The summed E-state index contributed by atoms with van der Waals surface area (Å²) < 4.78 is 0. The Morgan fingerprint density at radius 3 is 2.32 bits per heavy atom. The van der Waals surface area contributed by atoms with Gasteiger partial charge in [-0.2, -0.15) is 0 Å². The van der Waals surface area contributed by atoms with Crippen LogP contribution in [0.25, 0.3) is 0 Å². The minimum absolute atomic E-state index is 0.357. The Bertz CT molecular complexity index is 382. The van der Waals surface area contributed by atoms with Gasteiger partial charge in [0.1, 0.15) is 0 Å². The van der Waals surface area contributed by atoms with E-state index >= 15 is 0 Å². The first-order valence-corrected chi connectivity index (χ1v) is 7.58. The molecule has 1 aromatic rings. The molecule has 19 heavy (non-hydrogen) atoms. The van der Waals surface area contributed by atoms with Crippen LogP contribution in [0, 0.1) is 25.7 Å². The van der Waals surface area contributed by atoms with Gasteiger partial charge in [0.15, 0.2) is 0 Å². The van der Waals surface area contributed by atoms with Crippen LogP contribution in [0.3, 0.4) is 0 Å². The molecule has 2 nitrogen and oxygen atoms in total. The Labute approximate surface area is 117 Å². The Morgan fingerprint density at radius 1 is 1.05 bits per heavy atom. The normalized spacial score (nSPS) is 23.5. The molecule has 1 aliphatic carbocycles. The van der Waals surface area contributed by atoms with E-state index in [2.05, 4.69) is 37.4 Å². The Kier molecular flexibility index (Phi) is 5.41. The van der Waals surface area contributed by atoms with E-state index in [-0.39, 0.29) is 0 Å². The molecule has 1 fully saturated rings. The highest BCUT2D eigenvalue weighted by atomic mass is 16.3. The van der Waals surface area contributed by atoms with Crippen LogP contribution in [0.1, 0.15) is 42.4 Å². The number of rotatable bonds is 5. The summed E-state index contributed by atoms with van der Waals surface area (Å²) in [6.07, 6.45) is 5.09. The van der Waals surface area contributed by atoms with Crippen molar-refractivity contribution in [2.75, 3.05) is 13.2 Å². The summed E-state index contributed by atoms with van der Waals surface area (Å²) in [6, 6.07) is 6.72. The zero-order valence-electron chi connectivity index (χ0n) is 12.3. The van der Waals surface area contributed by atoms with Crippen LogP contribution in [0.5, 0.6) is 0 Å². The average molecular weight is 261 g/mol. The fraction of sp³-hybridized carbons (Fsp3) is 0.647. The van der Waals surface area contributed by atoms with Gasteiger partial charge in [-0.1, -0.05) is 42.2 Å². The minimum Gasteiger partial charge on any atom is -0.396 e. The predicted molar refractivity (Wildman–Crippen MR) is 80.2 cm³/mol. The number of aliphatic hydroxyl groups excluding tert-OH is 1. The maximum absolute atomic E-state index is 9.42. The van der Waals surface area contributed by atoms with Crippen LogP contribution < -0.4 is 5.32 Å². The molecule has 0 radical (unpaired) electrons. The number of aryl methyl sites for hydroxylation is 2. The highest BCUT2D eigenvalue weighted by molar-refractivity contribution is 5.28. The second kappa shape index (κ2) is 7.06. The summed E-state index contributed by atoms with van der Waals surface area (Å²) in [5.41, 5.74) is 4.04. The van der Waals surface area contributed by atoms with E-state index in [9.17, 15) is 5.11 Å². The van der Waals surface area contributed by atoms with Gasteiger partial charge in [0.25, 0.3) is 0 Å². The van der Waals surface area contributed by atoms with Crippen molar-refractivity contribution in [2.45, 2.75) is 46.1 Å². The van der Waals surface area contributed by atoms with Gasteiger partial charge >= 0.3 is 0 Å². The van der Waals surface area contributed by atoms with Crippen molar-refractivity contribution in [2.24, 2.45) is 11.8 Å². The zero-order chi connectivity index (χ0) is 13.7. The lowest BCUT2D eigenvalue weighted by atomic mass is 9.79. The third-order valence-electron chi connectivity index (χ3n) is 4.32. The molecule has 0 amide bonds. The fourth-order valence-electron chi connectivity index (χ4n) is 3.37. The summed E-state index contributed by atoms with van der Waals surface area (Å²) >= 11 is 0. The molecule has 2 N–H and O–H groups in total. The fourth-order valence-corrected chi connectivity index (χ4v) is 3.37. The molecular weight excluding hydrogens is 234 g/mol. The molecule has 2 atom stereocenters. The van der Waals surface area contributed by atoms with Crippen molar-refractivity contribution in [3.05, 3.63) is 34.9 Å². The van der Waals surface area contributed by atoms with Crippen LogP contribution >= 0.6 is 0 Å². The molecule has 1 saturated carbocycles. The Balaban J connectivity index is 1.82. The van der Waals surface area contributed by atoms with Crippen LogP contribution in [-0.4, -0.2) is 18.3 Å². The molecule has 1 aromatic carbocycles. The standard InChI is InChI=1S/C17H27NO/c1-13-7-14(2)9-15(8-13)10-18-11-16-5-3-4-6-17(16)12-19/h7-9,16-19H,3-6,10-12H2,1-2H3. The van der Waals surface area contributed by atoms with E-state index in [0.717, 1.165) is 13.1 Å². The van der Waals surface area contributed by atoms with E-state index < -0.39 is 0 Å². The molecule has 2 rings (SSSR count). The van der Waals surface area contributed by atoms with Gasteiger partial charge in [-0.15, -0.1) is 0 Å². The van der Waals surface area contributed by atoms with Gasteiger partial charge in [-0.3, -0.25) is 0 Å². The van der Waals surface area contributed by atoms with Crippen LogP contribution in [0.4, 0.5) is 0 Å². The quantitative estimate of drug-likeness (QED) is 0.853. The van der Waals surface area contributed by atoms with Gasteiger partial charge < -0.3 is 10.4 Å². The monoisotopic (exact) mass is 261 g/mol. The topological polar surface area (TPSA) is 32.3 Å². The molecule has 0 aromatic heterocycles. The maximum atomic E-state index is 9.42. The molecule has 0 heterocycles. The maximum Gasteiger partial charge on any atom is 0.0462 e. The molecule has 0 spiro atoms. The van der Waals surface area contributed by atoms with Crippen molar-refractivity contribution in [3.63, 3.8) is 0 Å². The highest BCUT2D eigenvalue weighted by Gasteiger charge is 2.23. The predicted octanol–water partition coefficient (Wildman–Crippen LogP) is 3.19. The van der Waals surface area contributed by atoms with Crippen LogP contribution in [0.15, 0.2) is 18.2 Å². The van der Waals surface area contributed by atoms with E-state index in [1.165, 1.54) is 42.4 Å². The van der Waals surface area contributed by atoms with Crippen molar-refractivity contribution in [1.29, 1.82) is 0 Å². The number of nitrogens with one attached hydrogen (secondary N) is 1. The second-order valence-electron chi connectivity index (χ2n) is 6.11. The Hall–Kier alpha value is -0.860. The van der Waals surface area contributed by atoms with Crippen molar-refractivity contribution in [3.8, 4) is 0 Å². The first-order valence-electron chi connectivity index (χ1n) is 7.58. The van der Waals surface area contributed by atoms with E-state index in [0.29, 0.717) is 18.4 Å². The van der Waals surface area contributed by atoms with Gasteiger partial charge in [-0.25, -0.2) is 0 Å². The third kappa shape index (κ3) is 4.32. The second-order valence-corrected chi connectivity index (χ2v) is 6.11. The van der Waals surface area contributed by atoms with Crippen LogP contribution in [0.2, 0.25) is 0 Å². The smallest absolute Gasteiger partial charge is 0.0462 e. The van der Waals surface area contributed by atoms with E-state index in [4.69, 9.17) is 0 Å². The van der Waals surface area contributed by atoms with Gasteiger partial charge in [0, 0.05) is 13.2 Å². The van der Waals surface area contributed by atoms with E-state index in [1.807, 2.05) is 0 Å². The lowest BCUT2D eigenvalue weighted by Gasteiger charge is -2.30. The first-order chi connectivity index (χ1) is 9.19. The minimum atomic E-state index is 0.357. The first kappa shape index (κ1) is 14.5. The molecule has 0 bridgehead atoms. The Morgan fingerprint density at radius 2 is 1.68 bits per heavy atom. The molecule has 2 heteroatoms. The van der Waals surface area contributed by atoms with Gasteiger partial charge in [0.05, 0.1) is 0 Å². The molecule has 0 saturated heterocycles. The average Bonchev–Trinajstić information content (AvgIpc) is 2.38. The molecule has 2 unspecified atom stereocenters. The number of benzene rings is 1. The third-order valence-corrected chi connectivity index (χ3v) is 4.32.